The van der Waals surface area contributed by atoms with E-state index in [9.17, 15) is 22.8 Å². The number of alkyl halides is 3. The molecule has 170 valence electrons. The number of amides is 3. The fourth-order valence-electron chi connectivity index (χ4n) is 4.37. The summed E-state index contributed by atoms with van der Waals surface area (Å²) in [6.45, 7) is 1.29. The summed E-state index contributed by atoms with van der Waals surface area (Å²) >= 11 is 6.02. The van der Waals surface area contributed by atoms with Gasteiger partial charge in [-0.25, -0.2) is 4.79 Å². The fourth-order valence-corrected chi connectivity index (χ4v) is 4.49. The maximum Gasteiger partial charge on any atom is 0.416 e. The van der Waals surface area contributed by atoms with Gasteiger partial charge in [0.2, 0.25) is 5.91 Å². The topological polar surface area (TPSA) is 52.7 Å². The Morgan fingerprint density at radius 2 is 1.75 bits per heavy atom. The van der Waals surface area contributed by atoms with Crippen molar-refractivity contribution in [1.82, 2.24) is 15.1 Å². The van der Waals surface area contributed by atoms with Crippen LogP contribution in [0.4, 0.5) is 18.0 Å². The Kier molecular flexibility index (Phi) is 6.33. The molecule has 2 atom stereocenters. The second-order valence-corrected chi connectivity index (χ2v) is 8.51. The number of hydrogen-bond donors (Lipinski definition) is 1. The van der Waals surface area contributed by atoms with Gasteiger partial charge in [0.1, 0.15) is 6.04 Å². The van der Waals surface area contributed by atoms with Crippen LogP contribution in [0.15, 0.2) is 48.5 Å². The third-order valence-electron chi connectivity index (χ3n) is 5.98. The Bertz CT molecular complexity index is 991. The molecule has 2 aliphatic heterocycles. The zero-order valence-electron chi connectivity index (χ0n) is 17.2. The number of carbonyl (C=O) groups excluding carboxylic acids is 2. The molecule has 0 bridgehead atoms. The van der Waals surface area contributed by atoms with E-state index in [1.165, 1.54) is 11.0 Å². The van der Waals surface area contributed by atoms with E-state index in [4.69, 9.17) is 11.6 Å². The number of nitrogens with zero attached hydrogens (tertiary/aromatic N) is 2. The van der Waals surface area contributed by atoms with Gasteiger partial charge in [-0.2, -0.15) is 13.2 Å². The number of urea groups is 1. The number of halogens is 4. The smallest absolute Gasteiger partial charge is 0.341 e. The van der Waals surface area contributed by atoms with Gasteiger partial charge in [-0.15, -0.1) is 0 Å². The Morgan fingerprint density at radius 3 is 2.41 bits per heavy atom. The Balaban J connectivity index is 1.75. The second-order valence-electron chi connectivity index (χ2n) is 8.07. The minimum absolute atomic E-state index is 0.109. The van der Waals surface area contributed by atoms with Crippen molar-refractivity contribution in [3.63, 3.8) is 0 Å². The van der Waals surface area contributed by atoms with E-state index in [-0.39, 0.29) is 12.5 Å². The summed E-state index contributed by atoms with van der Waals surface area (Å²) in [5.74, 6) is -0.235. The lowest BCUT2D eigenvalue weighted by molar-refractivity contribution is -0.138. The predicted octanol–water partition coefficient (Wildman–Crippen LogP) is 5.18. The van der Waals surface area contributed by atoms with Gasteiger partial charge in [0.25, 0.3) is 0 Å². The number of nitrogens with one attached hydrogen (secondary N) is 1. The Labute approximate surface area is 189 Å². The third-order valence-corrected chi connectivity index (χ3v) is 6.23. The SMILES string of the molecule is O=C(C(c1ccc(Cl)cc1)N1C(=O)NC[C@@H]1c1cccc(C(F)(F)F)c1)N1CCCCC1. The molecule has 2 aromatic carbocycles. The first-order chi connectivity index (χ1) is 15.3. The van der Waals surface area contributed by atoms with Crippen LogP contribution in [-0.2, 0) is 11.0 Å². The van der Waals surface area contributed by atoms with Gasteiger partial charge in [-0.3, -0.25) is 9.69 Å². The molecule has 0 aromatic heterocycles. The Hall–Kier alpha value is -2.74. The second kappa shape index (κ2) is 9.02. The fraction of sp³-hybridized carbons (Fsp3) is 0.391. The molecule has 2 heterocycles. The van der Waals surface area contributed by atoms with Crippen LogP contribution < -0.4 is 5.32 Å². The molecule has 5 nitrogen and oxygen atoms in total. The Morgan fingerprint density at radius 1 is 1.06 bits per heavy atom. The number of rotatable bonds is 4. The molecule has 32 heavy (non-hydrogen) atoms. The van der Waals surface area contributed by atoms with Crippen molar-refractivity contribution >= 4 is 23.5 Å². The number of likely N-dealkylation sites (tertiary alicyclic amines) is 1. The van der Waals surface area contributed by atoms with Crippen molar-refractivity contribution in [2.45, 2.75) is 37.5 Å². The maximum atomic E-state index is 13.6. The summed E-state index contributed by atoms with van der Waals surface area (Å²) in [6, 6.07) is 9.38. The average molecular weight is 466 g/mol. The van der Waals surface area contributed by atoms with Gasteiger partial charge >= 0.3 is 12.2 Å². The van der Waals surface area contributed by atoms with E-state index in [1.807, 2.05) is 0 Å². The van der Waals surface area contributed by atoms with E-state index >= 15 is 0 Å². The lowest BCUT2D eigenvalue weighted by atomic mass is 9.97. The molecule has 0 aliphatic carbocycles. The number of carbonyl (C=O) groups is 2. The number of piperidine rings is 1. The first-order valence-corrected chi connectivity index (χ1v) is 10.9. The molecule has 0 radical (unpaired) electrons. The summed E-state index contributed by atoms with van der Waals surface area (Å²) in [5, 5.41) is 3.19. The van der Waals surface area contributed by atoms with Gasteiger partial charge in [-0.1, -0.05) is 35.9 Å². The zero-order valence-corrected chi connectivity index (χ0v) is 18.0. The molecule has 0 saturated carbocycles. The number of benzene rings is 2. The highest BCUT2D eigenvalue weighted by molar-refractivity contribution is 6.30. The van der Waals surface area contributed by atoms with Crippen LogP contribution in [0, 0.1) is 0 Å². The highest BCUT2D eigenvalue weighted by Gasteiger charge is 2.43. The molecule has 4 rings (SSSR count). The van der Waals surface area contributed by atoms with E-state index in [1.54, 1.807) is 35.2 Å². The van der Waals surface area contributed by atoms with Crippen molar-refractivity contribution < 1.29 is 22.8 Å². The van der Waals surface area contributed by atoms with Crippen LogP contribution in [0.5, 0.6) is 0 Å². The normalized spacial score (nSPS) is 20.2. The van der Waals surface area contributed by atoms with Crippen LogP contribution in [0.2, 0.25) is 5.02 Å². The quantitative estimate of drug-likeness (QED) is 0.676. The molecule has 1 N–H and O–H groups in total. The van der Waals surface area contributed by atoms with E-state index in [0.717, 1.165) is 31.4 Å². The molecule has 2 saturated heterocycles. The summed E-state index contributed by atoms with van der Waals surface area (Å²) in [7, 11) is 0. The molecular formula is C23H23ClF3N3O2. The van der Waals surface area contributed by atoms with Crippen LogP contribution >= 0.6 is 11.6 Å². The maximum absolute atomic E-state index is 13.6. The predicted molar refractivity (Wildman–Crippen MR) is 114 cm³/mol. The molecular weight excluding hydrogens is 443 g/mol. The van der Waals surface area contributed by atoms with E-state index in [0.29, 0.717) is 29.2 Å². The summed E-state index contributed by atoms with van der Waals surface area (Å²) in [6.07, 6.45) is -1.72. The number of hydrogen-bond acceptors (Lipinski definition) is 2. The molecule has 0 spiro atoms. The van der Waals surface area contributed by atoms with E-state index < -0.39 is 29.9 Å². The van der Waals surface area contributed by atoms with Crippen LogP contribution in [-0.4, -0.2) is 41.4 Å². The minimum atomic E-state index is -4.50. The summed E-state index contributed by atoms with van der Waals surface area (Å²) in [4.78, 5) is 29.6. The largest absolute Gasteiger partial charge is 0.416 e. The highest BCUT2D eigenvalue weighted by atomic mass is 35.5. The lowest BCUT2D eigenvalue weighted by Gasteiger charge is -2.36. The summed E-state index contributed by atoms with van der Waals surface area (Å²) in [5.41, 5.74) is 0.0993. The molecule has 1 unspecified atom stereocenters. The average Bonchev–Trinajstić information content (AvgIpc) is 3.16. The van der Waals surface area contributed by atoms with Crippen LogP contribution in [0.3, 0.4) is 0 Å². The van der Waals surface area contributed by atoms with E-state index in [2.05, 4.69) is 5.32 Å². The minimum Gasteiger partial charge on any atom is -0.341 e. The molecule has 3 amide bonds. The first-order valence-electron chi connectivity index (χ1n) is 10.5. The zero-order chi connectivity index (χ0) is 22.9. The van der Waals surface area contributed by atoms with Crippen LogP contribution in [0.1, 0.15) is 48.0 Å². The van der Waals surface area contributed by atoms with Crippen LogP contribution in [0.25, 0.3) is 0 Å². The first kappa shape index (κ1) is 22.5. The standard InChI is InChI=1S/C23H23ClF3N3O2/c24-18-9-7-15(8-10-18)20(21(31)29-11-2-1-3-12-29)30-19(14-28-22(30)32)16-5-4-6-17(13-16)23(25,26)27/h4-10,13,19-20H,1-3,11-12,14H2,(H,28,32)/t19-,20?/m1/s1. The molecule has 2 fully saturated rings. The van der Waals surface area contributed by atoms with Gasteiger partial charge in [0, 0.05) is 24.7 Å². The van der Waals surface area contributed by atoms with Crippen molar-refractivity contribution in [3.8, 4) is 0 Å². The van der Waals surface area contributed by atoms with Gasteiger partial charge < -0.3 is 10.2 Å². The summed E-state index contributed by atoms with van der Waals surface area (Å²) < 4.78 is 39.9. The van der Waals surface area contributed by atoms with Gasteiger partial charge in [-0.05, 0) is 54.7 Å². The molecule has 2 aromatic rings. The highest BCUT2D eigenvalue weighted by Crippen LogP contribution is 2.38. The third kappa shape index (κ3) is 4.55. The van der Waals surface area contributed by atoms with Crippen molar-refractivity contribution in [3.05, 3.63) is 70.2 Å². The van der Waals surface area contributed by atoms with Crippen molar-refractivity contribution in [2.75, 3.05) is 19.6 Å². The van der Waals surface area contributed by atoms with Crippen molar-refractivity contribution in [2.24, 2.45) is 0 Å². The lowest BCUT2D eigenvalue weighted by Crippen LogP contribution is -2.46. The molecule has 9 heteroatoms. The van der Waals surface area contributed by atoms with Gasteiger partial charge in [0.15, 0.2) is 0 Å². The monoisotopic (exact) mass is 465 g/mol. The van der Waals surface area contributed by atoms with Gasteiger partial charge in [0.05, 0.1) is 11.6 Å². The van der Waals surface area contributed by atoms with Crippen molar-refractivity contribution in [1.29, 1.82) is 0 Å². The molecule has 2 aliphatic rings.